The van der Waals surface area contributed by atoms with Crippen LogP contribution in [0, 0.1) is 16.7 Å². The van der Waals surface area contributed by atoms with E-state index in [0.29, 0.717) is 44.2 Å². The number of carbonyl (C=O) groups excluding carboxylic acids is 2. The first kappa shape index (κ1) is 24.8. The van der Waals surface area contributed by atoms with Crippen molar-refractivity contribution in [3.05, 3.63) is 24.3 Å². The number of likely N-dealkylation sites (tertiary alicyclic amines) is 1. The standard InChI is InChI=1S/C23H26F4N4O2S/c24-15-11-17(12-28)31(14-15)19(32)13-29-22-8-5-21(6-9-22,7-10-22)20(33)30-16-1-3-18(4-2-16)34-23(25,26)27/h1-4,15,17,29H,5-11,13-14H2,(H,30,33). The molecule has 3 saturated carbocycles. The van der Waals surface area contributed by atoms with Crippen molar-refractivity contribution >= 4 is 29.3 Å². The molecule has 0 spiro atoms. The second kappa shape index (κ2) is 9.38. The van der Waals surface area contributed by atoms with Gasteiger partial charge in [-0.2, -0.15) is 18.4 Å². The van der Waals surface area contributed by atoms with Crippen LogP contribution in [0.1, 0.15) is 44.9 Å². The van der Waals surface area contributed by atoms with Gasteiger partial charge in [0.2, 0.25) is 11.8 Å². The molecule has 4 aliphatic rings. The summed E-state index contributed by atoms with van der Waals surface area (Å²) in [5.74, 6) is -0.413. The summed E-state index contributed by atoms with van der Waals surface area (Å²) in [5.41, 5.74) is -4.69. The van der Waals surface area contributed by atoms with Gasteiger partial charge in [-0.15, -0.1) is 0 Å². The lowest BCUT2D eigenvalue weighted by atomic mass is 9.57. The molecule has 5 rings (SSSR count). The van der Waals surface area contributed by atoms with Crippen LogP contribution >= 0.6 is 11.8 Å². The van der Waals surface area contributed by atoms with Crippen molar-refractivity contribution in [1.82, 2.24) is 10.2 Å². The van der Waals surface area contributed by atoms with Crippen molar-refractivity contribution < 1.29 is 27.2 Å². The number of anilines is 1. The number of halogens is 4. The number of rotatable bonds is 6. The van der Waals surface area contributed by atoms with E-state index in [2.05, 4.69) is 10.6 Å². The van der Waals surface area contributed by atoms with Gasteiger partial charge in [0.15, 0.2) is 0 Å². The molecule has 4 fully saturated rings. The fourth-order valence-corrected chi connectivity index (χ4v) is 5.88. The molecule has 1 aromatic rings. The zero-order chi connectivity index (χ0) is 24.6. The Morgan fingerprint density at radius 1 is 1.12 bits per heavy atom. The Balaban J connectivity index is 1.30. The smallest absolute Gasteiger partial charge is 0.326 e. The van der Waals surface area contributed by atoms with Gasteiger partial charge in [0, 0.05) is 28.0 Å². The van der Waals surface area contributed by atoms with Crippen molar-refractivity contribution in [2.45, 2.75) is 73.1 Å². The van der Waals surface area contributed by atoms with E-state index in [4.69, 9.17) is 5.26 Å². The Morgan fingerprint density at radius 3 is 2.29 bits per heavy atom. The van der Waals surface area contributed by atoms with E-state index in [1.165, 1.54) is 29.2 Å². The minimum absolute atomic E-state index is 0.0341. The molecule has 1 aliphatic heterocycles. The molecule has 0 radical (unpaired) electrons. The summed E-state index contributed by atoms with van der Waals surface area (Å²) in [5, 5.41) is 15.3. The van der Waals surface area contributed by atoms with Crippen LogP contribution in [0.2, 0.25) is 0 Å². The van der Waals surface area contributed by atoms with Gasteiger partial charge < -0.3 is 15.5 Å². The van der Waals surface area contributed by atoms with Crippen LogP contribution < -0.4 is 10.6 Å². The number of hydrogen-bond donors (Lipinski definition) is 2. The highest BCUT2D eigenvalue weighted by Gasteiger charge is 2.52. The van der Waals surface area contributed by atoms with E-state index >= 15 is 0 Å². The Kier molecular flexibility index (Phi) is 6.84. The van der Waals surface area contributed by atoms with Crippen molar-refractivity contribution in [2.24, 2.45) is 5.41 Å². The molecule has 2 N–H and O–H groups in total. The van der Waals surface area contributed by atoms with Crippen molar-refractivity contribution in [1.29, 1.82) is 5.26 Å². The van der Waals surface area contributed by atoms with Gasteiger partial charge in [-0.3, -0.25) is 9.59 Å². The van der Waals surface area contributed by atoms with Gasteiger partial charge in [-0.05, 0) is 74.6 Å². The molecule has 0 aromatic heterocycles. The number of hydrogen-bond acceptors (Lipinski definition) is 5. The second-order valence-corrected chi connectivity index (χ2v) is 10.6. The van der Waals surface area contributed by atoms with Gasteiger partial charge in [0.1, 0.15) is 12.2 Å². The first-order valence-electron chi connectivity index (χ1n) is 11.3. The fourth-order valence-electron chi connectivity index (χ4n) is 5.34. The van der Waals surface area contributed by atoms with Crippen LogP contribution in [0.25, 0.3) is 0 Å². The maximum atomic E-state index is 13.6. The van der Waals surface area contributed by atoms with Crippen LogP contribution in [0.15, 0.2) is 29.2 Å². The number of fused-ring (bicyclic) bond motifs is 3. The number of carbonyl (C=O) groups is 2. The number of alkyl halides is 4. The monoisotopic (exact) mass is 498 g/mol. The molecule has 2 amide bonds. The molecular weight excluding hydrogens is 472 g/mol. The summed E-state index contributed by atoms with van der Waals surface area (Å²) in [6.45, 7) is -0.0166. The summed E-state index contributed by atoms with van der Waals surface area (Å²) < 4.78 is 51.1. The summed E-state index contributed by atoms with van der Waals surface area (Å²) in [6.07, 6.45) is 2.92. The zero-order valence-electron chi connectivity index (χ0n) is 18.5. The third-order valence-corrected chi connectivity index (χ3v) is 8.15. The molecule has 1 saturated heterocycles. The normalized spacial score (nSPS) is 30.7. The maximum absolute atomic E-state index is 13.6. The number of benzene rings is 1. The van der Waals surface area contributed by atoms with Gasteiger partial charge >= 0.3 is 5.51 Å². The van der Waals surface area contributed by atoms with Gasteiger partial charge in [-0.25, -0.2) is 4.39 Å². The molecule has 2 bridgehead atoms. The Bertz CT molecular complexity index is 954. The minimum Gasteiger partial charge on any atom is -0.326 e. The van der Waals surface area contributed by atoms with Crippen LogP contribution in [0.4, 0.5) is 23.2 Å². The molecule has 1 aromatic carbocycles. The predicted molar refractivity (Wildman–Crippen MR) is 118 cm³/mol. The third kappa shape index (κ3) is 5.33. The number of nitriles is 1. The molecule has 2 atom stereocenters. The molecule has 11 heteroatoms. The van der Waals surface area contributed by atoms with Crippen molar-refractivity contribution in [3.63, 3.8) is 0 Å². The highest BCUT2D eigenvalue weighted by atomic mass is 32.2. The Hall–Kier alpha value is -2.32. The first-order valence-corrected chi connectivity index (χ1v) is 12.1. The molecule has 6 nitrogen and oxygen atoms in total. The van der Waals surface area contributed by atoms with Crippen molar-refractivity contribution in [2.75, 3.05) is 18.4 Å². The summed E-state index contributed by atoms with van der Waals surface area (Å²) in [6, 6.07) is 6.88. The number of amides is 2. The van der Waals surface area contributed by atoms with Gasteiger partial charge in [-0.1, -0.05) is 0 Å². The van der Waals surface area contributed by atoms with E-state index in [1.807, 2.05) is 6.07 Å². The molecule has 1 heterocycles. The van der Waals surface area contributed by atoms with E-state index in [-0.39, 0.29) is 53.5 Å². The highest BCUT2D eigenvalue weighted by molar-refractivity contribution is 8.00. The largest absolute Gasteiger partial charge is 0.446 e. The van der Waals surface area contributed by atoms with Crippen LogP contribution in [0.5, 0.6) is 0 Å². The topological polar surface area (TPSA) is 85.2 Å². The lowest BCUT2D eigenvalue weighted by Crippen LogP contribution is -2.59. The molecule has 184 valence electrons. The Labute approximate surface area is 199 Å². The highest BCUT2D eigenvalue weighted by Crippen LogP contribution is 2.52. The number of nitrogens with zero attached hydrogens (tertiary/aromatic N) is 2. The van der Waals surface area contributed by atoms with Gasteiger partial charge in [0.05, 0.1) is 19.2 Å². The van der Waals surface area contributed by atoms with E-state index in [9.17, 15) is 27.2 Å². The van der Waals surface area contributed by atoms with E-state index < -0.39 is 23.1 Å². The Morgan fingerprint density at radius 2 is 1.74 bits per heavy atom. The van der Waals surface area contributed by atoms with Crippen molar-refractivity contribution in [3.8, 4) is 6.07 Å². The average Bonchev–Trinajstić information content (AvgIpc) is 3.20. The zero-order valence-corrected chi connectivity index (χ0v) is 19.3. The third-order valence-electron chi connectivity index (χ3n) is 7.41. The number of nitrogens with one attached hydrogen (secondary N) is 2. The summed E-state index contributed by atoms with van der Waals surface area (Å²) in [7, 11) is 0. The van der Waals surface area contributed by atoms with Crippen LogP contribution in [-0.2, 0) is 9.59 Å². The van der Waals surface area contributed by atoms with Crippen LogP contribution in [0.3, 0.4) is 0 Å². The number of thioether (sulfide) groups is 1. The predicted octanol–water partition coefficient (Wildman–Crippen LogP) is 4.38. The average molecular weight is 499 g/mol. The fraction of sp³-hybridized carbons (Fsp3) is 0.609. The van der Waals surface area contributed by atoms with E-state index in [1.54, 1.807) is 0 Å². The minimum atomic E-state index is -4.36. The molecule has 2 unspecified atom stereocenters. The van der Waals surface area contributed by atoms with Crippen LogP contribution in [-0.4, -0.2) is 53.1 Å². The summed E-state index contributed by atoms with van der Waals surface area (Å²) >= 11 is -0.199. The lowest BCUT2D eigenvalue weighted by molar-refractivity contribution is -0.135. The quantitative estimate of drug-likeness (QED) is 0.449. The second-order valence-electron chi connectivity index (χ2n) is 9.46. The SMILES string of the molecule is N#CC1CC(F)CN1C(=O)CNC12CCC(C(=O)Nc3ccc(SC(F)(F)F)cc3)(CC1)CC2. The molecular formula is C23H26F4N4O2S. The molecule has 34 heavy (non-hydrogen) atoms. The first-order chi connectivity index (χ1) is 16.0. The molecule has 3 aliphatic carbocycles. The maximum Gasteiger partial charge on any atom is 0.446 e. The summed E-state index contributed by atoms with van der Waals surface area (Å²) in [4.78, 5) is 27.0. The van der Waals surface area contributed by atoms with E-state index in [0.717, 1.165) is 0 Å². The lowest BCUT2D eigenvalue weighted by Gasteiger charge is -2.52. The van der Waals surface area contributed by atoms with Gasteiger partial charge in [0.25, 0.3) is 0 Å².